The Morgan fingerprint density at radius 2 is 2.06 bits per heavy atom. The lowest BCUT2D eigenvalue weighted by atomic mass is 10.0. The number of ether oxygens (including phenoxy) is 2. The molecule has 3 aromatic rings. The largest absolute Gasteiger partial charge is 0.440 e. The molecule has 0 radical (unpaired) electrons. The standard InChI is InChI=1S/C22H24N4O5S/c1-15(27)31-22(2,20-9-6-12-30-20)26-14-18-17-10-11-25(21(17)23-13-19(18)24-26)32(28,29)16-7-4-3-5-8-16/h3-5,7-8,10-11,13,20,24H,6,9,12,14H2,1-2H3/t20?,22-/m1/s1. The first-order chi connectivity index (χ1) is 15.3. The van der Waals surface area contributed by atoms with Gasteiger partial charge in [-0.1, -0.05) is 18.2 Å². The van der Waals surface area contributed by atoms with Crippen molar-refractivity contribution in [3.05, 3.63) is 54.4 Å². The van der Waals surface area contributed by atoms with E-state index in [2.05, 4.69) is 10.4 Å². The van der Waals surface area contributed by atoms with Gasteiger partial charge in [-0.3, -0.25) is 4.79 Å². The number of hydrogen-bond acceptors (Lipinski definition) is 8. The molecule has 1 N–H and O–H groups in total. The van der Waals surface area contributed by atoms with Gasteiger partial charge in [0.05, 0.1) is 23.3 Å². The van der Waals surface area contributed by atoms with Crippen LogP contribution >= 0.6 is 0 Å². The van der Waals surface area contributed by atoms with Gasteiger partial charge in [0, 0.05) is 30.7 Å². The Labute approximate surface area is 186 Å². The number of benzene rings is 1. The maximum absolute atomic E-state index is 13.2. The average Bonchev–Trinajstić information content (AvgIpc) is 3.52. The van der Waals surface area contributed by atoms with Crippen LogP contribution in [0.4, 0.5) is 5.69 Å². The monoisotopic (exact) mass is 456 g/mol. The summed E-state index contributed by atoms with van der Waals surface area (Å²) >= 11 is 0. The molecule has 0 bridgehead atoms. The van der Waals surface area contributed by atoms with Crippen molar-refractivity contribution in [3.8, 4) is 0 Å². The fraction of sp³-hybridized carbons (Fsp3) is 0.364. The van der Waals surface area contributed by atoms with Gasteiger partial charge >= 0.3 is 5.97 Å². The molecule has 0 spiro atoms. The van der Waals surface area contributed by atoms with E-state index in [0.717, 1.165) is 29.5 Å². The predicted octanol–water partition coefficient (Wildman–Crippen LogP) is 2.87. The summed E-state index contributed by atoms with van der Waals surface area (Å²) in [4.78, 5) is 16.5. The summed E-state index contributed by atoms with van der Waals surface area (Å²) in [5.74, 6) is -0.399. The Kier molecular flexibility index (Phi) is 4.95. The summed E-state index contributed by atoms with van der Waals surface area (Å²) in [7, 11) is -3.78. The molecule has 2 aromatic heterocycles. The van der Waals surface area contributed by atoms with Crippen molar-refractivity contribution in [2.24, 2.45) is 0 Å². The number of fused-ring (bicyclic) bond motifs is 3. The Morgan fingerprint density at radius 1 is 1.28 bits per heavy atom. The number of hydrogen-bond donors (Lipinski definition) is 1. The molecule has 2 atom stereocenters. The summed E-state index contributed by atoms with van der Waals surface area (Å²) in [6.07, 6.45) is 4.53. The number of rotatable bonds is 5. The first-order valence-corrected chi connectivity index (χ1v) is 11.9. The molecule has 168 valence electrons. The number of carbonyl (C=O) groups is 1. The van der Waals surface area contributed by atoms with Crippen molar-refractivity contribution < 1.29 is 22.7 Å². The van der Waals surface area contributed by atoms with E-state index in [1.807, 2.05) is 11.9 Å². The van der Waals surface area contributed by atoms with Gasteiger partial charge in [0.25, 0.3) is 10.0 Å². The van der Waals surface area contributed by atoms with Crippen LogP contribution in [0.25, 0.3) is 11.0 Å². The predicted molar refractivity (Wildman–Crippen MR) is 117 cm³/mol. The zero-order valence-corrected chi connectivity index (χ0v) is 18.6. The molecule has 1 unspecified atom stereocenters. The Bertz CT molecular complexity index is 1280. The van der Waals surface area contributed by atoms with Crippen molar-refractivity contribution in [1.29, 1.82) is 0 Å². The van der Waals surface area contributed by atoms with E-state index in [1.54, 1.807) is 42.6 Å². The minimum Gasteiger partial charge on any atom is -0.440 e. The van der Waals surface area contributed by atoms with Gasteiger partial charge in [0.15, 0.2) is 5.65 Å². The van der Waals surface area contributed by atoms with Crippen LogP contribution in [-0.4, -0.2) is 46.8 Å². The van der Waals surface area contributed by atoms with Crippen molar-refractivity contribution in [1.82, 2.24) is 14.0 Å². The normalized spacial score (nSPS) is 20.6. The topological polar surface area (TPSA) is 103 Å². The third-order valence-electron chi connectivity index (χ3n) is 6.08. The van der Waals surface area contributed by atoms with E-state index in [4.69, 9.17) is 9.47 Å². The highest BCUT2D eigenvalue weighted by atomic mass is 32.2. The third kappa shape index (κ3) is 3.26. The second-order valence-corrected chi connectivity index (χ2v) is 9.98. The molecule has 1 fully saturated rings. The van der Waals surface area contributed by atoms with E-state index in [0.29, 0.717) is 18.8 Å². The molecular weight excluding hydrogens is 432 g/mol. The van der Waals surface area contributed by atoms with Gasteiger partial charge in [0.2, 0.25) is 5.72 Å². The number of carbonyl (C=O) groups excluding carboxylic acids is 1. The fourth-order valence-electron chi connectivity index (χ4n) is 4.48. The van der Waals surface area contributed by atoms with E-state index >= 15 is 0 Å². The van der Waals surface area contributed by atoms with Gasteiger partial charge in [-0.15, -0.1) is 0 Å². The SMILES string of the molecule is CC(=O)O[C@](C)(C1CCCO1)N1Cc2c(cnc3c2ccn3S(=O)(=O)c2ccccc2)N1. The minimum absolute atomic E-state index is 0.195. The van der Waals surface area contributed by atoms with E-state index in [-0.39, 0.29) is 11.0 Å². The number of nitrogens with one attached hydrogen (secondary N) is 1. The summed E-state index contributed by atoms with van der Waals surface area (Å²) < 4.78 is 39.1. The first-order valence-electron chi connectivity index (χ1n) is 10.5. The molecule has 2 aliphatic heterocycles. The summed E-state index contributed by atoms with van der Waals surface area (Å²) in [5, 5.41) is 2.55. The van der Waals surface area contributed by atoms with Crippen LogP contribution in [-0.2, 0) is 30.8 Å². The number of nitrogens with zero attached hydrogens (tertiary/aromatic N) is 3. The lowest BCUT2D eigenvalue weighted by molar-refractivity contribution is -0.204. The van der Waals surface area contributed by atoms with Crippen LogP contribution in [0.5, 0.6) is 0 Å². The lowest BCUT2D eigenvalue weighted by Crippen LogP contribution is -2.57. The second-order valence-electron chi connectivity index (χ2n) is 8.17. The number of aromatic nitrogens is 2. The molecule has 1 saturated heterocycles. The van der Waals surface area contributed by atoms with Gasteiger partial charge in [-0.25, -0.2) is 17.4 Å². The molecule has 0 amide bonds. The third-order valence-corrected chi connectivity index (χ3v) is 7.76. The van der Waals surface area contributed by atoms with Crippen LogP contribution in [0, 0.1) is 0 Å². The molecule has 32 heavy (non-hydrogen) atoms. The van der Waals surface area contributed by atoms with Crippen molar-refractivity contribution >= 4 is 32.7 Å². The smallest absolute Gasteiger partial charge is 0.304 e. The molecule has 10 heteroatoms. The van der Waals surface area contributed by atoms with Crippen LogP contribution in [0.3, 0.4) is 0 Å². The number of anilines is 1. The fourth-order valence-corrected chi connectivity index (χ4v) is 5.80. The van der Waals surface area contributed by atoms with Gasteiger partial charge in [0.1, 0.15) is 6.10 Å². The Hall–Kier alpha value is -2.95. The highest BCUT2D eigenvalue weighted by Gasteiger charge is 2.48. The molecule has 5 rings (SSSR count). The quantitative estimate of drug-likeness (QED) is 0.585. The van der Waals surface area contributed by atoms with Crippen molar-refractivity contribution in [2.45, 2.75) is 50.0 Å². The van der Waals surface area contributed by atoms with E-state index < -0.39 is 21.7 Å². The van der Waals surface area contributed by atoms with Crippen LogP contribution in [0.1, 0.15) is 32.3 Å². The molecule has 1 aromatic carbocycles. The molecule has 0 aliphatic carbocycles. The molecule has 2 aliphatic rings. The highest BCUT2D eigenvalue weighted by molar-refractivity contribution is 7.90. The summed E-state index contributed by atoms with van der Waals surface area (Å²) in [5.41, 5.74) is 4.23. The zero-order chi connectivity index (χ0) is 22.5. The minimum atomic E-state index is -3.78. The molecule has 9 nitrogen and oxygen atoms in total. The van der Waals surface area contributed by atoms with Gasteiger partial charge < -0.3 is 14.9 Å². The van der Waals surface area contributed by atoms with Crippen molar-refractivity contribution in [2.75, 3.05) is 12.0 Å². The highest BCUT2D eigenvalue weighted by Crippen LogP contribution is 2.39. The number of esters is 1. The number of pyridine rings is 1. The van der Waals surface area contributed by atoms with Crippen LogP contribution in [0.15, 0.2) is 53.7 Å². The summed E-state index contributed by atoms with van der Waals surface area (Å²) in [6.45, 7) is 4.23. The first kappa shape index (κ1) is 20.9. The number of hydrazine groups is 1. The lowest BCUT2D eigenvalue weighted by Gasteiger charge is -2.41. The molecule has 4 heterocycles. The van der Waals surface area contributed by atoms with Crippen LogP contribution < -0.4 is 5.43 Å². The Balaban J connectivity index is 1.53. The van der Waals surface area contributed by atoms with E-state index in [1.165, 1.54) is 17.1 Å². The summed E-state index contributed by atoms with van der Waals surface area (Å²) in [6, 6.07) is 10.0. The van der Waals surface area contributed by atoms with Gasteiger partial charge in [-0.2, -0.15) is 5.01 Å². The maximum atomic E-state index is 13.2. The average molecular weight is 457 g/mol. The van der Waals surface area contributed by atoms with Crippen molar-refractivity contribution in [3.63, 3.8) is 0 Å². The molecule has 0 saturated carbocycles. The van der Waals surface area contributed by atoms with E-state index in [9.17, 15) is 13.2 Å². The molecular formula is C22H24N4O5S. The maximum Gasteiger partial charge on any atom is 0.304 e. The second kappa shape index (κ2) is 7.58. The van der Waals surface area contributed by atoms with Gasteiger partial charge in [-0.05, 0) is 38.0 Å². The van der Waals surface area contributed by atoms with Crippen LogP contribution in [0.2, 0.25) is 0 Å². The Morgan fingerprint density at radius 3 is 2.75 bits per heavy atom. The zero-order valence-electron chi connectivity index (χ0n) is 17.8.